The Labute approximate surface area is 193 Å². The molecule has 1 aromatic carbocycles. The number of nitrogens with one attached hydrogen (secondary N) is 2. The van der Waals surface area contributed by atoms with Gasteiger partial charge >= 0.3 is 0 Å². The highest BCUT2D eigenvalue weighted by molar-refractivity contribution is 5.99. The number of benzene rings is 1. The highest BCUT2D eigenvalue weighted by Crippen LogP contribution is 2.59. The van der Waals surface area contributed by atoms with Crippen LogP contribution >= 0.6 is 0 Å². The lowest BCUT2D eigenvalue weighted by molar-refractivity contribution is -0.124. The zero-order chi connectivity index (χ0) is 22.9. The summed E-state index contributed by atoms with van der Waals surface area (Å²) in [7, 11) is 1.86. The number of aromatic amines is 2. The SMILES string of the molecule is Cc1cc2[nH]c(-c3n[nH]c4c3C[C@@H]3C[C@]3(C)C4)nc2cc1N(C)C(=O)[C@H](C)N1CCOCC1. The summed E-state index contributed by atoms with van der Waals surface area (Å²) in [4.78, 5) is 25.6. The van der Waals surface area contributed by atoms with E-state index in [-0.39, 0.29) is 11.9 Å². The van der Waals surface area contributed by atoms with E-state index >= 15 is 0 Å². The first kappa shape index (κ1) is 20.9. The first-order chi connectivity index (χ1) is 15.8. The van der Waals surface area contributed by atoms with E-state index in [1.807, 2.05) is 27.0 Å². The van der Waals surface area contributed by atoms with Gasteiger partial charge in [-0.05, 0) is 62.1 Å². The number of H-pyrrole nitrogens is 2. The van der Waals surface area contributed by atoms with Gasteiger partial charge in [0.25, 0.3) is 0 Å². The van der Waals surface area contributed by atoms with Gasteiger partial charge in [0.15, 0.2) is 5.82 Å². The Hall–Kier alpha value is -2.71. The summed E-state index contributed by atoms with van der Waals surface area (Å²) in [5, 5.41) is 7.91. The number of carbonyl (C=O) groups excluding carboxylic acids is 1. The number of aryl methyl sites for hydroxylation is 1. The van der Waals surface area contributed by atoms with Gasteiger partial charge in [0, 0.05) is 37.1 Å². The summed E-state index contributed by atoms with van der Waals surface area (Å²) in [6.45, 7) is 9.34. The molecule has 0 radical (unpaired) electrons. The lowest BCUT2D eigenvalue weighted by Gasteiger charge is -2.33. The Morgan fingerprint density at radius 2 is 2.12 bits per heavy atom. The normalized spacial score (nSPS) is 25.5. The maximum absolute atomic E-state index is 13.2. The van der Waals surface area contributed by atoms with Gasteiger partial charge < -0.3 is 14.6 Å². The molecule has 2 aromatic heterocycles. The maximum atomic E-state index is 13.2. The Balaban J connectivity index is 1.29. The Morgan fingerprint density at radius 1 is 1.33 bits per heavy atom. The van der Waals surface area contributed by atoms with Crippen molar-refractivity contribution >= 4 is 22.6 Å². The van der Waals surface area contributed by atoms with Gasteiger partial charge in [-0.3, -0.25) is 14.8 Å². The van der Waals surface area contributed by atoms with Crippen molar-refractivity contribution in [3.05, 3.63) is 29.0 Å². The smallest absolute Gasteiger partial charge is 0.243 e. The van der Waals surface area contributed by atoms with Crippen LogP contribution in [0.25, 0.3) is 22.6 Å². The van der Waals surface area contributed by atoms with Gasteiger partial charge in [-0.1, -0.05) is 6.92 Å². The number of likely N-dealkylation sites (N-methyl/N-ethyl adjacent to an activating group) is 1. The third kappa shape index (κ3) is 3.38. The van der Waals surface area contributed by atoms with Crippen LogP contribution < -0.4 is 4.90 Å². The summed E-state index contributed by atoms with van der Waals surface area (Å²) in [6, 6.07) is 3.92. The molecule has 3 aliphatic rings. The van der Waals surface area contributed by atoms with Crippen LogP contribution in [0.4, 0.5) is 5.69 Å². The number of anilines is 1. The van der Waals surface area contributed by atoms with Crippen molar-refractivity contribution in [1.29, 1.82) is 0 Å². The second-order valence-corrected chi connectivity index (χ2v) is 10.4. The highest BCUT2D eigenvalue weighted by atomic mass is 16.5. The molecule has 3 atom stereocenters. The topological polar surface area (TPSA) is 90.1 Å². The van der Waals surface area contributed by atoms with Gasteiger partial charge in [-0.15, -0.1) is 0 Å². The zero-order valence-electron chi connectivity index (χ0n) is 19.9. The van der Waals surface area contributed by atoms with Gasteiger partial charge in [0.2, 0.25) is 5.91 Å². The monoisotopic (exact) mass is 448 g/mol. The molecule has 1 saturated heterocycles. The van der Waals surface area contributed by atoms with E-state index in [9.17, 15) is 4.79 Å². The standard InChI is InChI=1S/C25H32N6O2/c1-14-9-18-19(11-21(14)30(4)24(32)15(2)31-5-7-33-8-6-31)27-23(26-18)22-17-10-16-12-25(16,3)13-20(17)28-29-22/h9,11,15-16H,5-8,10,12-13H2,1-4H3,(H,26,27)(H,28,29)/t15-,16+,25+/m0/s1. The second-order valence-electron chi connectivity index (χ2n) is 10.4. The molecule has 8 heteroatoms. The lowest BCUT2D eigenvalue weighted by atomic mass is 9.88. The number of amides is 1. The number of imidazole rings is 1. The molecule has 0 bridgehead atoms. The Bertz CT molecular complexity index is 1240. The minimum absolute atomic E-state index is 0.0870. The predicted octanol–water partition coefficient (Wildman–Crippen LogP) is 3.07. The van der Waals surface area contributed by atoms with Crippen LogP contribution in [-0.4, -0.2) is 70.4 Å². The van der Waals surface area contributed by atoms with E-state index in [0.29, 0.717) is 18.6 Å². The van der Waals surface area contributed by atoms with Crippen LogP contribution in [0.2, 0.25) is 0 Å². The number of carbonyl (C=O) groups is 1. The van der Waals surface area contributed by atoms with E-state index < -0.39 is 0 Å². The fourth-order valence-electron chi connectivity index (χ4n) is 5.80. The molecule has 174 valence electrons. The van der Waals surface area contributed by atoms with Crippen LogP contribution in [0.15, 0.2) is 12.1 Å². The van der Waals surface area contributed by atoms with Crippen LogP contribution in [0.3, 0.4) is 0 Å². The number of nitrogens with zero attached hydrogens (tertiary/aromatic N) is 4. The first-order valence-electron chi connectivity index (χ1n) is 12.0. The van der Waals surface area contributed by atoms with E-state index in [1.54, 1.807) is 4.90 Å². The molecule has 2 aliphatic carbocycles. The minimum Gasteiger partial charge on any atom is -0.379 e. The molecule has 33 heavy (non-hydrogen) atoms. The van der Waals surface area contributed by atoms with Crippen LogP contribution in [-0.2, 0) is 22.4 Å². The van der Waals surface area contributed by atoms with Gasteiger partial charge in [-0.2, -0.15) is 5.10 Å². The molecule has 2 fully saturated rings. The summed E-state index contributed by atoms with van der Waals surface area (Å²) in [6.07, 6.45) is 3.47. The van der Waals surface area contributed by atoms with Crippen LogP contribution in [0.1, 0.15) is 37.1 Å². The van der Waals surface area contributed by atoms with Gasteiger partial charge in [-0.25, -0.2) is 4.98 Å². The van der Waals surface area contributed by atoms with Crippen molar-refractivity contribution in [3.8, 4) is 11.5 Å². The average Bonchev–Trinajstić information content (AvgIpc) is 3.10. The minimum atomic E-state index is -0.188. The van der Waals surface area contributed by atoms with E-state index in [1.165, 1.54) is 17.7 Å². The maximum Gasteiger partial charge on any atom is 0.243 e. The highest BCUT2D eigenvalue weighted by Gasteiger charge is 2.53. The molecule has 6 rings (SSSR count). The lowest BCUT2D eigenvalue weighted by Crippen LogP contribution is -2.50. The van der Waals surface area contributed by atoms with Crippen molar-refractivity contribution in [2.75, 3.05) is 38.3 Å². The fraction of sp³-hybridized carbons (Fsp3) is 0.560. The number of fused-ring (bicyclic) bond motifs is 3. The van der Waals surface area contributed by atoms with E-state index in [4.69, 9.17) is 9.72 Å². The van der Waals surface area contributed by atoms with Gasteiger partial charge in [0.05, 0.1) is 30.3 Å². The van der Waals surface area contributed by atoms with Crippen molar-refractivity contribution in [2.24, 2.45) is 11.3 Å². The van der Waals surface area contributed by atoms with E-state index in [2.05, 4.69) is 33.1 Å². The predicted molar refractivity (Wildman–Crippen MR) is 127 cm³/mol. The molecule has 1 saturated carbocycles. The number of rotatable bonds is 4. The molecule has 0 spiro atoms. The number of morpholine rings is 1. The largest absolute Gasteiger partial charge is 0.379 e. The molecular weight excluding hydrogens is 416 g/mol. The van der Waals surface area contributed by atoms with E-state index in [0.717, 1.165) is 65.7 Å². The van der Waals surface area contributed by atoms with Crippen molar-refractivity contribution in [1.82, 2.24) is 25.1 Å². The number of hydrogen-bond donors (Lipinski definition) is 2. The third-order valence-corrected chi connectivity index (χ3v) is 8.19. The number of ether oxygens (including phenoxy) is 1. The molecule has 0 unspecified atom stereocenters. The Kier molecular flexibility index (Phi) is 4.68. The van der Waals surface area contributed by atoms with Gasteiger partial charge in [0.1, 0.15) is 5.69 Å². The third-order valence-electron chi connectivity index (χ3n) is 8.19. The van der Waals surface area contributed by atoms with Crippen LogP contribution in [0, 0.1) is 18.3 Å². The molecule has 8 nitrogen and oxygen atoms in total. The molecular formula is C25H32N6O2. The second kappa shape index (κ2) is 7.40. The average molecular weight is 449 g/mol. The summed E-state index contributed by atoms with van der Waals surface area (Å²) < 4.78 is 5.44. The quantitative estimate of drug-likeness (QED) is 0.640. The fourth-order valence-corrected chi connectivity index (χ4v) is 5.80. The molecule has 3 aromatic rings. The van der Waals surface area contributed by atoms with Crippen molar-refractivity contribution in [2.45, 2.75) is 46.1 Å². The zero-order valence-corrected chi connectivity index (χ0v) is 19.9. The molecule has 1 aliphatic heterocycles. The molecule has 3 heterocycles. The van der Waals surface area contributed by atoms with Crippen molar-refractivity contribution in [3.63, 3.8) is 0 Å². The summed E-state index contributed by atoms with van der Waals surface area (Å²) in [5.41, 5.74) is 7.75. The number of hydrogen-bond acceptors (Lipinski definition) is 5. The molecule has 2 N–H and O–H groups in total. The molecule has 1 amide bonds. The summed E-state index contributed by atoms with van der Waals surface area (Å²) in [5.74, 6) is 1.66. The Morgan fingerprint density at radius 3 is 2.91 bits per heavy atom. The number of aromatic nitrogens is 4. The van der Waals surface area contributed by atoms with Crippen LogP contribution in [0.5, 0.6) is 0 Å². The summed E-state index contributed by atoms with van der Waals surface area (Å²) >= 11 is 0. The first-order valence-corrected chi connectivity index (χ1v) is 12.0. The van der Waals surface area contributed by atoms with Crippen molar-refractivity contribution < 1.29 is 9.53 Å².